The van der Waals surface area contributed by atoms with Gasteiger partial charge in [-0.3, -0.25) is 9.62 Å². The molecule has 0 aliphatic carbocycles. The highest BCUT2D eigenvalue weighted by molar-refractivity contribution is 7.90. The molecule has 16 heteroatoms. The van der Waals surface area contributed by atoms with Crippen molar-refractivity contribution in [1.82, 2.24) is 39.7 Å². The smallest absolute Gasteiger partial charge is 0.312 e. The third-order valence-electron chi connectivity index (χ3n) is 5.64. The average molecular weight is 564 g/mol. The minimum Gasteiger partial charge on any atom is -0.379 e. The number of pyridine rings is 2. The fourth-order valence-electron chi connectivity index (χ4n) is 3.91. The highest BCUT2D eigenvalue weighted by Gasteiger charge is 2.22. The van der Waals surface area contributed by atoms with E-state index in [1.807, 2.05) is 6.07 Å². The Hall–Kier alpha value is -3.21. The molecule has 1 saturated heterocycles. The number of nitrogens with zero attached hydrogens (tertiary/aromatic N) is 7. The third-order valence-corrected chi connectivity index (χ3v) is 7.03. The molecule has 38 heavy (non-hydrogen) atoms. The number of anilines is 4. The van der Waals surface area contributed by atoms with E-state index in [-0.39, 0.29) is 22.8 Å². The summed E-state index contributed by atoms with van der Waals surface area (Å²) in [5.74, 6) is 1.31. The van der Waals surface area contributed by atoms with Crippen LogP contribution in [0.2, 0.25) is 5.15 Å². The van der Waals surface area contributed by atoms with Crippen LogP contribution in [-0.4, -0.2) is 83.6 Å². The first kappa shape index (κ1) is 27.8. The highest BCUT2D eigenvalue weighted by atomic mass is 35.5. The first-order valence-corrected chi connectivity index (χ1v) is 13.6. The number of aryl methyl sites for hydroxylation is 1. The lowest BCUT2D eigenvalue weighted by Crippen LogP contribution is -2.40. The Morgan fingerprint density at radius 2 is 1.87 bits per heavy atom. The Labute approximate surface area is 226 Å². The van der Waals surface area contributed by atoms with Crippen molar-refractivity contribution in [1.29, 1.82) is 0 Å². The van der Waals surface area contributed by atoms with Crippen LogP contribution in [-0.2, 0) is 14.9 Å². The lowest BCUT2D eigenvalue weighted by atomic mass is 10.1. The summed E-state index contributed by atoms with van der Waals surface area (Å²) in [6.45, 7) is 6.81. The average Bonchev–Trinajstić information content (AvgIpc) is 2.85. The van der Waals surface area contributed by atoms with Crippen molar-refractivity contribution in [3.63, 3.8) is 0 Å². The second-order valence-corrected chi connectivity index (χ2v) is 10.6. The molecule has 4 rings (SSSR count). The standard InChI is InChI=1S/C22H30ClN11O3S/c1-13(34-5-7-37-8-6-34)15-9-17(21-27-14(2)28-22(24)30-21)20(26-11-15)29-16-10-18(19(23)25-12-16)31-38(35,36)32-33(3)4/h9-13,31-32H,5-8H2,1-4H3,(H,26,29)(H2,24,27,28,30)/t13-/m0/s1. The topological polar surface area (TPSA) is 176 Å². The summed E-state index contributed by atoms with van der Waals surface area (Å²) in [5.41, 5.74) is 7.97. The van der Waals surface area contributed by atoms with Crippen LogP contribution in [0, 0.1) is 6.92 Å². The van der Waals surface area contributed by atoms with Crippen molar-refractivity contribution in [3.8, 4) is 11.4 Å². The van der Waals surface area contributed by atoms with Crippen LogP contribution in [0.25, 0.3) is 11.4 Å². The van der Waals surface area contributed by atoms with E-state index < -0.39 is 10.2 Å². The second kappa shape index (κ2) is 11.7. The largest absolute Gasteiger partial charge is 0.379 e. The van der Waals surface area contributed by atoms with Gasteiger partial charge in [-0.25, -0.2) is 20.0 Å². The van der Waals surface area contributed by atoms with E-state index >= 15 is 0 Å². The van der Waals surface area contributed by atoms with E-state index in [1.165, 1.54) is 17.3 Å². The molecule has 1 atom stereocenters. The lowest BCUT2D eigenvalue weighted by Gasteiger charge is -2.32. The number of halogens is 1. The van der Waals surface area contributed by atoms with Crippen LogP contribution in [0.5, 0.6) is 0 Å². The maximum atomic E-state index is 12.3. The predicted molar refractivity (Wildman–Crippen MR) is 145 cm³/mol. The molecule has 3 aromatic rings. The SMILES string of the molecule is Cc1nc(N)nc(-c2cc([C@H](C)N3CCOCC3)cnc2Nc2cnc(Cl)c(NS(=O)(=O)NN(C)C)c2)n1. The van der Waals surface area contributed by atoms with Crippen LogP contribution < -0.4 is 20.6 Å². The van der Waals surface area contributed by atoms with Crippen LogP contribution in [0.4, 0.5) is 23.1 Å². The van der Waals surface area contributed by atoms with Gasteiger partial charge in [0.2, 0.25) is 5.95 Å². The van der Waals surface area contributed by atoms with Gasteiger partial charge in [0.25, 0.3) is 0 Å². The fourth-order valence-corrected chi connectivity index (χ4v) is 5.09. The van der Waals surface area contributed by atoms with Gasteiger partial charge >= 0.3 is 10.2 Å². The van der Waals surface area contributed by atoms with Crippen molar-refractivity contribution < 1.29 is 13.2 Å². The highest BCUT2D eigenvalue weighted by Crippen LogP contribution is 2.32. The number of hydrogen-bond donors (Lipinski definition) is 4. The second-order valence-electron chi connectivity index (χ2n) is 8.83. The number of morpholine rings is 1. The predicted octanol–water partition coefficient (Wildman–Crippen LogP) is 1.73. The molecule has 0 aromatic carbocycles. The van der Waals surface area contributed by atoms with E-state index in [9.17, 15) is 8.42 Å². The lowest BCUT2D eigenvalue weighted by molar-refractivity contribution is 0.0198. The monoisotopic (exact) mass is 563 g/mol. The molecule has 14 nitrogen and oxygen atoms in total. The zero-order valence-electron chi connectivity index (χ0n) is 21.4. The Morgan fingerprint density at radius 1 is 1.13 bits per heavy atom. The molecule has 1 aliphatic rings. The summed E-state index contributed by atoms with van der Waals surface area (Å²) in [7, 11) is -0.839. The van der Waals surface area contributed by atoms with Crippen LogP contribution in [0.3, 0.4) is 0 Å². The summed E-state index contributed by atoms with van der Waals surface area (Å²) in [6, 6.07) is 3.53. The van der Waals surface area contributed by atoms with Gasteiger partial charge in [-0.1, -0.05) is 11.6 Å². The van der Waals surface area contributed by atoms with Gasteiger partial charge in [0.1, 0.15) is 11.6 Å². The van der Waals surface area contributed by atoms with Crippen molar-refractivity contribution in [2.75, 3.05) is 56.2 Å². The van der Waals surface area contributed by atoms with Gasteiger partial charge in [0.05, 0.1) is 36.3 Å². The summed E-state index contributed by atoms with van der Waals surface area (Å²) in [5, 5.41) is 4.43. The molecule has 1 aliphatic heterocycles. The summed E-state index contributed by atoms with van der Waals surface area (Å²) >= 11 is 6.16. The van der Waals surface area contributed by atoms with Crippen molar-refractivity contribution >= 4 is 45.0 Å². The fraction of sp³-hybridized carbons (Fsp3) is 0.409. The Balaban J connectivity index is 1.70. The van der Waals surface area contributed by atoms with Gasteiger partial charge in [-0.2, -0.15) is 18.4 Å². The molecular formula is C22H30ClN11O3S. The van der Waals surface area contributed by atoms with Crippen LogP contribution >= 0.6 is 11.6 Å². The number of hydrazine groups is 1. The van der Waals surface area contributed by atoms with E-state index in [1.54, 1.807) is 27.2 Å². The Morgan fingerprint density at radius 3 is 2.55 bits per heavy atom. The van der Waals surface area contributed by atoms with Gasteiger partial charge < -0.3 is 15.8 Å². The molecule has 4 heterocycles. The summed E-state index contributed by atoms with van der Waals surface area (Å²) in [4.78, 5) is 26.2. The number of ether oxygens (including phenoxy) is 1. The molecule has 0 bridgehead atoms. The Kier molecular flexibility index (Phi) is 8.54. The van der Waals surface area contributed by atoms with Crippen molar-refractivity contribution in [2.24, 2.45) is 0 Å². The minimum atomic E-state index is -3.93. The molecule has 5 N–H and O–H groups in total. The van der Waals surface area contributed by atoms with Gasteiger partial charge in [-0.15, -0.1) is 4.83 Å². The Bertz CT molecular complexity index is 1380. The number of nitrogen functional groups attached to an aromatic ring is 1. The molecular weight excluding hydrogens is 534 g/mol. The number of aromatic nitrogens is 5. The first-order valence-electron chi connectivity index (χ1n) is 11.7. The maximum absolute atomic E-state index is 12.3. The summed E-state index contributed by atoms with van der Waals surface area (Å²) < 4.78 is 32.5. The molecule has 0 unspecified atom stereocenters. The number of rotatable bonds is 9. The first-order chi connectivity index (χ1) is 18.0. The van der Waals surface area contributed by atoms with E-state index in [0.29, 0.717) is 41.9 Å². The van der Waals surface area contributed by atoms with E-state index in [0.717, 1.165) is 18.7 Å². The van der Waals surface area contributed by atoms with E-state index in [4.69, 9.17) is 22.1 Å². The van der Waals surface area contributed by atoms with Gasteiger partial charge in [-0.05, 0) is 31.5 Å². The molecule has 0 saturated carbocycles. The zero-order chi connectivity index (χ0) is 27.4. The van der Waals surface area contributed by atoms with Crippen molar-refractivity contribution in [2.45, 2.75) is 19.9 Å². The van der Waals surface area contributed by atoms with E-state index in [2.05, 4.69) is 51.6 Å². The molecule has 3 aromatic heterocycles. The quantitative estimate of drug-likeness (QED) is 0.219. The number of hydrogen-bond acceptors (Lipinski definition) is 12. The van der Waals surface area contributed by atoms with Crippen LogP contribution in [0.15, 0.2) is 24.5 Å². The molecule has 0 radical (unpaired) electrons. The van der Waals surface area contributed by atoms with Gasteiger partial charge in [0, 0.05) is 39.4 Å². The van der Waals surface area contributed by atoms with Crippen LogP contribution in [0.1, 0.15) is 24.4 Å². The molecule has 1 fully saturated rings. The summed E-state index contributed by atoms with van der Waals surface area (Å²) in [6.07, 6.45) is 3.24. The normalized spacial score (nSPS) is 15.4. The zero-order valence-corrected chi connectivity index (χ0v) is 23.0. The molecule has 0 spiro atoms. The van der Waals surface area contributed by atoms with Gasteiger partial charge in [0.15, 0.2) is 11.0 Å². The minimum absolute atomic E-state index is 0.0246. The van der Waals surface area contributed by atoms with Crippen molar-refractivity contribution in [3.05, 3.63) is 41.1 Å². The number of nitrogens with two attached hydrogens (primary N) is 1. The number of nitrogens with one attached hydrogen (secondary N) is 3. The third kappa shape index (κ3) is 7.00. The molecule has 0 amide bonds. The maximum Gasteiger partial charge on any atom is 0.312 e. The molecule has 204 valence electrons.